The molecule has 3 aromatic rings. The molecule has 0 saturated heterocycles. The van der Waals surface area contributed by atoms with Gasteiger partial charge in [0.05, 0.1) is 17.6 Å². The minimum absolute atomic E-state index is 0.000334. The van der Waals surface area contributed by atoms with Gasteiger partial charge in [0.25, 0.3) is 0 Å². The molecule has 0 unspecified atom stereocenters. The summed E-state index contributed by atoms with van der Waals surface area (Å²) in [5.74, 6) is -0.829. The molecular formula is C17H14BrNO2. The predicted molar refractivity (Wildman–Crippen MR) is 87.5 cm³/mol. The Hall–Kier alpha value is -2.07. The van der Waals surface area contributed by atoms with Crippen LogP contribution in [0.25, 0.3) is 22.2 Å². The van der Waals surface area contributed by atoms with Crippen molar-refractivity contribution in [3.05, 3.63) is 58.1 Å². The van der Waals surface area contributed by atoms with Crippen LogP contribution in [0.15, 0.2) is 46.9 Å². The molecule has 2 N–H and O–H groups in total. The number of hydrogen-bond donors (Lipinski definition) is 2. The Bertz CT molecular complexity index is 819. The van der Waals surface area contributed by atoms with Crippen LogP contribution < -0.4 is 0 Å². The third-order valence-electron chi connectivity index (χ3n) is 3.56. The molecule has 21 heavy (non-hydrogen) atoms. The number of aromatic nitrogens is 1. The number of aliphatic carboxylic acids is 1. The molecule has 3 rings (SSSR count). The predicted octanol–water partition coefficient (Wildman–Crippen LogP) is 4.53. The number of carboxylic acid groups (broad SMARTS) is 1. The summed E-state index contributed by atoms with van der Waals surface area (Å²) in [5, 5.41) is 10.2. The topological polar surface area (TPSA) is 53.1 Å². The highest BCUT2D eigenvalue weighted by Crippen LogP contribution is 2.34. The molecule has 2 aromatic carbocycles. The zero-order chi connectivity index (χ0) is 15.0. The number of aromatic amines is 1. The first-order valence-electron chi connectivity index (χ1n) is 6.64. The number of fused-ring (bicyclic) bond motifs is 1. The van der Waals surface area contributed by atoms with Crippen molar-refractivity contribution in [2.24, 2.45) is 0 Å². The number of aryl methyl sites for hydroxylation is 1. The average Bonchev–Trinajstić information content (AvgIpc) is 2.80. The van der Waals surface area contributed by atoms with E-state index in [2.05, 4.69) is 20.9 Å². The van der Waals surface area contributed by atoms with Crippen molar-refractivity contribution in [3.8, 4) is 11.3 Å². The first-order chi connectivity index (χ1) is 10.1. The van der Waals surface area contributed by atoms with Gasteiger partial charge in [0.15, 0.2) is 0 Å². The van der Waals surface area contributed by atoms with Crippen molar-refractivity contribution in [1.29, 1.82) is 0 Å². The highest BCUT2D eigenvalue weighted by molar-refractivity contribution is 9.10. The van der Waals surface area contributed by atoms with E-state index in [0.29, 0.717) is 0 Å². The van der Waals surface area contributed by atoms with Gasteiger partial charge in [-0.25, -0.2) is 0 Å². The van der Waals surface area contributed by atoms with Crippen molar-refractivity contribution in [3.63, 3.8) is 0 Å². The summed E-state index contributed by atoms with van der Waals surface area (Å²) in [5.41, 5.74) is 4.81. The number of carboxylic acids is 1. The third kappa shape index (κ3) is 2.59. The van der Waals surface area contributed by atoms with Gasteiger partial charge in [-0.2, -0.15) is 0 Å². The van der Waals surface area contributed by atoms with Gasteiger partial charge in [-0.15, -0.1) is 0 Å². The van der Waals surface area contributed by atoms with Crippen LogP contribution in [0.4, 0.5) is 0 Å². The fraction of sp³-hybridized carbons (Fsp3) is 0.118. The maximum Gasteiger partial charge on any atom is 0.307 e. The van der Waals surface area contributed by atoms with Crippen LogP contribution in [-0.2, 0) is 11.2 Å². The SMILES string of the molecule is Cc1ccc(-c2[nH]c3c(Br)cccc3c2CC(=O)O)cc1. The fourth-order valence-electron chi connectivity index (χ4n) is 2.54. The summed E-state index contributed by atoms with van der Waals surface area (Å²) in [4.78, 5) is 14.6. The number of benzene rings is 2. The zero-order valence-electron chi connectivity index (χ0n) is 11.5. The summed E-state index contributed by atoms with van der Waals surface area (Å²) < 4.78 is 0.935. The second-order valence-electron chi connectivity index (χ2n) is 5.08. The first-order valence-corrected chi connectivity index (χ1v) is 7.43. The van der Waals surface area contributed by atoms with Crippen molar-refractivity contribution in [2.45, 2.75) is 13.3 Å². The summed E-state index contributed by atoms with van der Waals surface area (Å²) in [7, 11) is 0. The van der Waals surface area contributed by atoms with Gasteiger partial charge < -0.3 is 10.1 Å². The second kappa shape index (κ2) is 5.37. The van der Waals surface area contributed by atoms with Gasteiger partial charge >= 0.3 is 5.97 Å². The van der Waals surface area contributed by atoms with Gasteiger partial charge in [-0.1, -0.05) is 42.0 Å². The van der Waals surface area contributed by atoms with Crippen LogP contribution >= 0.6 is 15.9 Å². The monoisotopic (exact) mass is 343 g/mol. The van der Waals surface area contributed by atoms with Crippen LogP contribution in [0.2, 0.25) is 0 Å². The molecule has 4 heteroatoms. The van der Waals surface area contributed by atoms with E-state index in [1.165, 1.54) is 5.56 Å². The lowest BCUT2D eigenvalue weighted by Gasteiger charge is -2.03. The third-order valence-corrected chi connectivity index (χ3v) is 4.22. The van der Waals surface area contributed by atoms with Gasteiger partial charge in [-0.3, -0.25) is 4.79 Å². The standard InChI is InChI=1S/C17H14BrNO2/c1-10-5-7-11(8-6-10)16-13(9-15(20)21)12-3-2-4-14(18)17(12)19-16/h2-8,19H,9H2,1H3,(H,20,21). The molecule has 1 heterocycles. The molecule has 0 amide bonds. The van der Waals surface area contributed by atoms with E-state index in [1.807, 2.05) is 49.4 Å². The minimum Gasteiger partial charge on any atom is -0.481 e. The lowest BCUT2D eigenvalue weighted by Crippen LogP contribution is -2.00. The number of nitrogens with one attached hydrogen (secondary N) is 1. The van der Waals surface area contributed by atoms with Crippen LogP contribution in [0, 0.1) is 6.92 Å². The van der Waals surface area contributed by atoms with Crippen molar-refractivity contribution in [2.75, 3.05) is 0 Å². The highest BCUT2D eigenvalue weighted by atomic mass is 79.9. The van der Waals surface area contributed by atoms with Gasteiger partial charge in [0.2, 0.25) is 0 Å². The van der Waals surface area contributed by atoms with E-state index in [4.69, 9.17) is 0 Å². The Labute approximate surface area is 130 Å². The Morgan fingerprint density at radius 3 is 2.57 bits per heavy atom. The number of halogens is 1. The van der Waals surface area contributed by atoms with Crippen LogP contribution in [0.1, 0.15) is 11.1 Å². The number of carbonyl (C=O) groups is 1. The molecule has 1 aromatic heterocycles. The molecule has 0 radical (unpaired) electrons. The van der Waals surface area contributed by atoms with Gasteiger partial charge in [0.1, 0.15) is 0 Å². The van der Waals surface area contributed by atoms with Crippen molar-refractivity contribution < 1.29 is 9.90 Å². The second-order valence-corrected chi connectivity index (χ2v) is 5.93. The smallest absolute Gasteiger partial charge is 0.307 e. The Morgan fingerprint density at radius 2 is 1.90 bits per heavy atom. The minimum atomic E-state index is -0.829. The molecule has 0 fully saturated rings. The lowest BCUT2D eigenvalue weighted by atomic mass is 10.0. The zero-order valence-corrected chi connectivity index (χ0v) is 13.1. The summed E-state index contributed by atoms with van der Waals surface area (Å²) in [6, 6.07) is 13.9. The molecule has 106 valence electrons. The number of rotatable bonds is 3. The maximum absolute atomic E-state index is 11.2. The van der Waals surface area contributed by atoms with Crippen LogP contribution in [-0.4, -0.2) is 16.1 Å². The average molecular weight is 344 g/mol. The Balaban J connectivity index is 2.27. The van der Waals surface area contributed by atoms with E-state index in [1.54, 1.807) is 0 Å². The molecule has 3 nitrogen and oxygen atoms in total. The molecule has 0 aliphatic carbocycles. The summed E-state index contributed by atoms with van der Waals surface area (Å²) in [6.45, 7) is 2.03. The molecular weight excluding hydrogens is 330 g/mol. The van der Waals surface area contributed by atoms with Crippen molar-refractivity contribution >= 4 is 32.8 Å². The number of H-pyrrole nitrogens is 1. The molecule has 0 atom stereocenters. The van der Waals surface area contributed by atoms with E-state index in [-0.39, 0.29) is 6.42 Å². The largest absolute Gasteiger partial charge is 0.481 e. The van der Waals surface area contributed by atoms with Crippen LogP contribution in [0.3, 0.4) is 0 Å². The van der Waals surface area contributed by atoms with E-state index >= 15 is 0 Å². The summed E-state index contributed by atoms with van der Waals surface area (Å²) in [6.07, 6.45) is -0.000334. The van der Waals surface area contributed by atoms with Crippen molar-refractivity contribution in [1.82, 2.24) is 4.98 Å². The fourth-order valence-corrected chi connectivity index (χ4v) is 3.00. The van der Waals surface area contributed by atoms with Gasteiger partial charge in [0, 0.05) is 9.86 Å². The number of para-hydroxylation sites is 1. The lowest BCUT2D eigenvalue weighted by molar-refractivity contribution is -0.136. The number of hydrogen-bond acceptors (Lipinski definition) is 1. The van der Waals surface area contributed by atoms with E-state index in [9.17, 15) is 9.90 Å². The molecule has 0 aliphatic rings. The molecule has 0 saturated carbocycles. The first kappa shape index (κ1) is 13.9. The molecule has 0 spiro atoms. The maximum atomic E-state index is 11.2. The van der Waals surface area contributed by atoms with Crippen LogP contribution in [0.5, 0.6) is 0 Å². The summed E-state index contributed by atoms with van der Waals surface area (Å²) >= 11 is 3.52. The highest BCUT2D eigenvalue weighted by Gasteiger charge is 2.16. The van der Waals surface area contributed by atoms with E-state index < -0.39 is 5.97 Å². The van der Waals surface area contributed by atoms with E-state index in [0.717, 1.165) is 32.2 Å². The molecule has 0 aliphatic heterocycles. The Kier molecular flexibility index (Phi) is 3.55. The van der Waals surface area contributed by atoms with Gasteiger partial charge in [-0.05, 0) is 40.0 Å². The Morgan fingerprint density at radius 1 is 1.19 bits per heavy atom. The quantitative estimate of drug-likeness (QED) is 0.733. The normalized spacial score (nSPS) is 11.0. The molecule has 0 bridgehead atoms.